The molecule has 0 aliphatic rings. The van der Waals surface area contributed by atoms with Crippen molar-refractivity contribution in [1.82, 2.24) is 0 Å². The third-order valence-corrected chi connectivity index (χ3v) is 6.33. The highest BCUT2D eigenvalue weighted by Crippen LogP contribution is 2.39. The second-order valence-electron chi connectivity index (χ2n) is 8.32. The Morgan fingerprint density at radius 1 is 0.872 bits per heavy atom. The van der Waals surface area contributed by atoms with Crippen LogP contribution in [0.4, 0.5) is 18.9 Å². The largest absolute Gasteiger partial charge is 0.484 e. The summed E-state index contributed by atoms with van der Waals surface area (Å²) in [7, 11) is 0. The molecule has 0 saturated carbocycles. The van der Waals surface area contributed by atoms with E-state index in [9.17, 15) is 22.8 Å². The van der Waals surface area contributed by atoms with Crippen molar-refractivity contribution in [2.45, 2.75) is 6.18 Å². The van der Waals surface area contributed by atoms with Crippen LogP contribution in [-0.4, -0.2) is 12.5 Å². The normalized spacial score (nSPS) is 11.5. The number of fused-ring (bicyclic) bond motifs is 2. The molecule has 0 unspecified atom stereocenters. The fourth-order valence-corrected chi connectivity index (χ4v) is 4.09. The summed E-state index contributed by atoms with van der Waals surface area (Å²) in [5, 5.41) is 4.52. The Morgan fingerprint density at radius 3 is 2.36 bits per heavy atom. The van der Waals surface area contributed by atoms with E-state index in [4.69, 9.17) is 37.1 Å². The summed E-state index contributed by atoms with van der Waals surface area (Å²) in [6.45, 7) is -0.481. The second kappa shape index (κ2) is 10.5. The molecule has 5 rings (SSSR count). The van der Waals surface area contributed by atoms with Gasteiger partial charge < -0.3 is 19.2 Å². The van der Waals surface area contributed by atoms with Crippen LogP contribution < -0.4 is 20.2 Å². The van der Waals surface area contributed by atoms with Crippen molar-refractivity contribution in [1.29, 1.82) is 0 Å². The summed E-state index contributed by atoms with van der Waals surface area (Å²) in [5.74, 6) is -3.10. The van der Waals surface area contributed by atoms with Gasteiger partial charge in [0, 0.05) is 11.8 Å². The van der Waals surface area contributed by atoms with E-state index in [2.05, 4.69) is 5.32 Å². The maximum Gasteiger partial charge on any atom is 0.453 e. The molecule has 1 aromatic heterocycles. The van der Waals surface area contributed by atoms with E-state index in [1.54, 1.807) is 18.2 Å². The van der Waals surface area contributed by atoms with Crippen molar-refractivity contribution in [3.05, 3.63) is 105 Å². The Kier molecular flexibility index (Phi) is 7.12. The van der Waals surface area contributed by atoms with Crippen LogP contribution in [0.15, 0.2) is 88.1 Å². The van der Waals surface area contributed by atoms with Gasteiger partial charge in [-0.05, 0) is 53.2 Å². The Hall–Kier alpha value is -4.21. The van der Waals surface area contributed by atoms with Crippen LogP contribution in [-0.2, 0) is 11.0 Å². The number of rotatable bonds is 6. The first-order valence-electron chi connectivity index (χ1n) is 11.3. The molecular weight excluding hydrogens is 558 g/mol. The Labute approximate surface area is 228 Å². The molecular formula is C28H16Cl2F3NO5. The minimum absolute atomic E-state index is 0.00580. The van der Waals surface area contributed by atoms with Gasteiger partial charge in [-0.2, -0.15) is 13.2 Å². The predicted octanol–water partition coefficient (Wildman–Crippen LogP) is 8.08. The third kappa shape index (κ3) is 5.79. The fraction of sp³-hybridized carbons (Fsp3) is 0.0714. The van der Waals surface area contributed by atoms with E-state index in [0.717, 1.165) is 16.8 Å². The van der Waals surface area contributed by atoms with Crippen LogP contribution in [0.2, 0.25) is 10.0 Å². The molecule has 1 N–H and O–H groups in total. The van der Waals surface area contributed by atoms with Gasteiger partial charge in [0.15, 0.2) is 6.61 Å². The summed E-state index contributed by atoms with van der Waals surface area (Å²) in [5.41, 5.74) is -1.03. The molecule has 1 heterocycles. The number of benzene rings is 4. The molecule has 0 aliphatic carbocycles. The number of alkyl halides is 3. The topological polar surface area (TPSA) is 77.8 Å². The second-order valence-corrected chi connectivity index (χ2v) is 9.14. The first kappa shape index (κ1) is 26.4. The fourth-order valence-electron chi connectivity index (χ4n) is 3.79. The van der Waals surface area contributed by atoms with Crippen molar-refractivity contribution in [2.75, 3.05) is 11.9 Å². The van der Waals surface area contributed by atoms with E-state index in [1.165, 1.54) is 42.5 Å². The monoisotopic (exact) mass is 573 g/mol. The molecule has 0 saturated heterocycles. The van der Waals surface area contributed by atoms with Crippen LogP contribution in [0, 0.1) is 0 Å². The van der Waals surface area contributed by atoms with Gasteiger partial charge in [0.05, 0.1) is 15.4 Å². The van der Waals surface area contributed by atoms with Crippen LogP contribution >= 0.6 is 23.2 Å². The van der Waals surface area contributed by atoms with Gasteiger partial charge in [-0.1, -0.05) is 53.5 Å². The number of ether oxygens (including phenoxy) is 2. The molecule has 0 bridgehead atoms. The van der Waals surface area contributed by atoms with Crippen molar-refractivity contribution in [3.63, 3.8) is 0 Å². The van der Waals surface area contributed by atoms with Gasteiger partial charge in [-0.3, -0.25) is 9.59 Å². The first-order valence-corrected chi connectivity index (χ1v) is 12.1. The van der Waals surface area contributed by atoms with Crippen LogP contribution in [0.25, 0.3) is 21.7 Å². The molecule has 0 atom stereocenters. The number of anilines is 1. The summed E-state index contributed by atoms with van der Waals surface area (Å²) in [6, 6.07) is 20.0. The van der Waals surface area contributed by atoms with Crippen molar-refractivity contribution in [2.24, 2.45) is 0 Å². The number of nitrogens with one attached hydrogen (secondary N) is 1. The van der Waals surface area contributed by atoms with E-state index in [0.29, 0.717) is 10.7 Å². The summed E-state index contributed by atoms with van der Waals surface area (Å²) < 4.78 is 57.7. The standard InChI is InChI=1S/C28H16Cl2F3NO5/c29-21-10-6-17(12-22(21)30)34-24(35)14-37-18-8-9-20-23(13-18)39-27(28(31,32)33)26(25(20)36)38-19-7-5-15-3-1-2-4-16(15)11-19/h1-13H,14H2,(H,34,35). The van der Waals surface area contributed by atoms with Gasteiger partial charge in [-0.15, -0.1) is 0 Å². The Morgan fingerprint density at radius 2 is 1.62 bits per heavy atom. The van der Waals surface area contributed by atoms with Gasteiger partial charge in [-0.25, -0.2) is 0 Å². The predicted molar refractivity (Wildman–Crippen MR) is 142 cm³/mol. The number of hydrogen-bond donors (Lipinski definition) is 1. The van der Waals surface area contributed by atoms with E-state index in [1.807, 2.05) is 12.1 Å². The molecule has 5 aromatic rings. The molecule has 11 heteroatoms. The molecule has 0 spiro atoms. The average molecular weight is 574 g/mol. The lowest BCUT2D eigenvalue weighted by molar-refractivity contribution is -0.154. The zero-order valence-corrected chi connectivity index (χ0v) is 21.2. The van der Waals surface area contributed by atoms with E-state index in [-0.39, 0.29) is 27.5 Å². The third-order valence-electron chi connectivity index (χ3n) is 5.59. The van der Waals surface area contributed by atoms with E-state index >= 15 is 0 Å². The summed E-state index contributed by atoms with van der Waals surface area (Å²) in [6.07, 6.45) is -5.03. The summed E-state index contributed by atoms with van der Waals surface area (Å²) >= 11 is 11.8. The van der Waals surface area contributed by atoms with Crippen molar-refractivity contribution < 1.29 is 31.9 Å². The first-order chi connectivity index (χ1) is 18.6. The zero-order valence-electron chi connectivity index (χ0n) is 19.6. The van der Waals surface area contributed by atoms with E-state index < -0.39 is 35.6 Å². The van der Waals surface area contributed by atoms with Crippen LogP contribution in [0.3, 0.4) is 0 Å². The molecule has 198 valence electrons. The lowest BCUT2D eigenvalue weighted by Crippen LogP contribution is -2.20. The van der Waals surface area contributed by atoms with Crippen molar-refractivity contribution >= 4 is 56.5 Å². The van der Waals surface area contributed by atoms with Crippen molar-refractivity contribution in [3.8, 4) is 17.2 Å². The van der Waals surface area contributed by atoms with Gasteiger partial charge in [0.1, 0.15) is 17.1 Å². The number of halogens is 5. The minimum Gasteiger partial charge on any atom is -0.484 e. The lowest BCUT2D eigenvalue weighted by atomic mass is 10.1. The van der Waals surface area contributed by atoms with Crippen LogP contribution in [0.1, 0.15) is 5.76 Å². The molecule has 4 aromatic carbocycles. The number of carbonyl (C=O) groups is 1. The average Bonchev–Trinajstić information content (AvgIpc) is 2.90. The molecule has 0 radical (unpaired) electrons. The SMILES string of the molecule is O=C(COc1ccc2c(=O)c(Oc3ccc4ccccc4c3)c(C(F)(F)F)oc2c1)Nc1ccc(Cl)c(Cl)c1. The smallest absolute Gasteiger partial charge is 0.453 e. The Bertz CT molecular complexity index is 1790. The molecule has 1 amide bonds. The van der Waals surface area contributed by atoms with Gasteiger partial charge in [0.25, 0.3) is 11.7 Å². The highest BCUT2D eigenvalue weighted by atomic mass is 35.5. The molecule has 0 fully saturated rings. The molecule has 6 nitrogen and oxygen atoms in total. The number of hydrogen-bond acceptors (Lipinski definition) is 5. The maximum absolute atomic E-state index is 13.9. The summed E-state index contributed by atoms with van der Waals surface area (Å²) in [4.78, 5) is 25.3. The minimum atomic E-state index is -5.03. The molecule has 39 heavy (non-hydrogen) atoms. The number of amides is 1. The van der Waals surface area contributed by atoms with Gasteiger partial charge in [0.2, 0.25) is 11.2 Å². The zero-order chi connectivity index (χ0) is 27.7. The highest BCUT2D eigenvalue weighted by molar-refractivity contribution is 6.42. The van der Waals surface area contributed by atoms with Gasteiger partial charge >= 0.3 is 6.18 Å². The Balaban J connectivity index is 1.41. The molecule has 0 aliphatic heterocycles. The highest BCUT2D eigenvalue weighted by Gasteiger charge is 2.40. The quantitative estimate of drug-likeness (QED) is 0.222. The number of carbonyl (C=O) groups excluding carboxylic acids is 1. The maximum atomic E-state index is 13.9. The lowest BCUT2D eigenvalue weighted by Gasteiger charge is -2.14. The van der Waals surface area contributed by atoms with Crippen LogP contribution in [0.5, 0.6) is 17.2 Å².